The lowest BCUT2D eigenvalue weighted by atomic mass is 10.0. The molecule has 8 heteroatoms. The highest BCUT2D eigenvalue weighted by Crippen LogP contribution is 2.22. The number of carbonyl (C=O) groups is 1. The van der Waals surface area contributed by atoms with E-state index in [4.69, 9.17) is 9.47 Å². The van der Waals surface area contributed by atoms with Crippen LogP contribution in [0.25, 0.3) is 6.08 Å². The Hall–Kier alpha value is -3.94. The number of hydrogen-bond acceptors (Lipinski definition) is 5. The minimum absolute atomic E-state index is 0.188. The van der Waals surface area contributed by atoms with Gasteiger partial charge in [-0.15, -0.1) is 0 Å². The predicted octanol–water partition coefficient (Wildman–Crippen LogP) is 4.96. The number of amides is 2. The maximum atomic E-state index is 13.3. The molecule has 1 N–H and O–H groups in total. The summed E-state index contributed by atoms with van der Waals surface area (Å²) in [7, 11) is 1.51. The topological polar surface area (TPSA) is 76.6 Å². The third-order valence-corrected chi connectivity index (χ3v) is 5.54. The van der Waals surface area contributed by atoms with E-state index in [2.05, 4.69) is 21.4 Å². The molecule has 0 unspecified atom stereocenters. The number of likely N-dealkylation sites (tertiary alicyclic amines) is 1. The van der Waals surface area contributed by atoms with E-state index in [0.29, 0.717) is 37.8 Å². The molecule has 2 heterocycles. The van der Waals surface area contributed by atoms with Crippen LogP contribution in [0, 0.1) is 5.82 Å². The van der Waals surface area contributed by atoms with Gasteiger partial charge in [-0.1, -0.05) is 35.9 Å². The first-order valence-electron chi connectivity index (χ1n) is 11.2. The molecule has 0 spiro atoms. The Morgan fingerprint density at radius 3 is 2.68 bits per heavy atom. The first-order valence-corrected chi connectivity index (χ1v) is 11.2. The fraction of sp³-hybridized carbons (Fsp3) is 0.269. The number of piperidine rings is 1. The number of anilines is 1. The van der Waals surface area contributed by atoms with Gasteiger partial charge in [-0.05, 0) is 48.2 Å². The summed E-state index contributed by atoms with van der Waals surface area (Å²) in [6.45, 7) is 1.74. The van der Waals surface area contributed by atoms with Crippen molar-refractivity contribution in [1.29, 1.82) is 0 Å². The number of carbonyl (C=O) groups excluding carboxylic acids is 1. The second-order valence-corrected chi connectivity index (χ2v) is 7.96. The van der Waals surface area contributed by atoms with Crippen LogP contribution in [0.3, 0.4) is 0 Å². The predicted molar refractivity (Wildman–Crippen MR) is 128 cm³/mol. The second kappa shape index (κ2) is 11.3. The summed E-state index contributed by atoms with van der Waals surface area (Å²) in [5.74, 6) is 1.33. The molecule has 0 atom stereocenters. The summed E-state index contributed by atoms with van der Waals surface area (Å²) in [6.07, 6.45) is 7.33. The largest absolute Gasteiger partial charge is 0.493 e. The molecule has 0 saturated carbocycles. The summed E-state index contributed by atoms with van der Waals surface area (Å²) >= 11 is 0. The number of urea groups is 1. The summed E-state index contributed by atoms with van der Waals surface area (Å²) in [4.78, 5) is 22.5. The molecule has 1 aliphatic heterocycles. The van der Waals surface area contributed by atoms with E-state index in [1.165, 1.54) is 37.2 Å². The third-order valence-electron chi connectivity index (χ3n) is 5.54. The summed E-state index contributed by atoms with van der Waals surface area (Å²) < 4.78 is 24.1. The van der Waals surface area contributed by atoms with E-state index < -0.39 is 0 Å². The van der Waals surface area contributed by atoms with Gasteiger partial charge < -0.3 is 14.4 Å². The van der Waals surface area contributed by atoms with Gasteiger partial charge in [0.25, 0.3) is 0 Å². The lowest BCUT2D eigenvalue weighted by molar-refractivity contribution is 0.207. The smallest absolute Gasteiger partial charge is 0.323 e. The molecule has 176 valence electrons. The van der Waals surface area contributed by atoms with E-state index in [1.54, 1.807) is 11.0 Å². The van der Waals surface area contributed by atoms with Gasteiger partial charge >= 0.3 is 6.03 Å². The first-order chi connectivity index (χ1) is 16.6. The second-order valence-electron chi connectivity index (χ2n) is 7.96. The quantitative estimate of drug-likeness (QED) is 0.537. The lowest BCUT2D eigenvalue weighted by Crippen LogP contribution is -2.39. The zero-order chi connectivity index (χ0) is 23.8. The standard InChI is InChI=1S/C26H27FN4O3/c1-33-25-18-28-24(17-29-25)30-26(32)31-11-8-20(9-12-31)14-21-5-3-7-23(16-21)34-13-10-19-4-2-6-22(27)15-19/h2-7,14-18H,8-13H2,1H3,(H,28,30,32). The molecule has 1 fully saturated rings. The molecule has 1 saturated heterocycles. The van der Waals surface area contributed by atoms with E-state index >= 15 is 0 Å². The number of halogens is 1. The Morgan fingerprint density at radius 2 is 1.94 bits per heavy atom. The van der Waals surface area contributed by atoms with Gasteiger partial charge in [0.15, 0.2) is 5.82 Å². The lowest BCUT2D eigenvalue weighted by Gasteiger charge is -2.28. The molecule has 0 aliphatic carbocycles. The molecule has 4 rings (SSSR count). The highest BCUT2D eigenvalue weighted by Gasteiger charge is 2.19. The van der Waals surface area contributed by atoms with Crippen LogP contribution >= 0.6 is 0 Å². The molecule has 2 amide bonds. The van der Waals surface area contributed by atoms with Gasteiger partial charge in [-0.3, -0.25) is 5.32 Å². The van der Waals surface area contributed by atoms with E-state index in [1.807, 2.05) is 30.3 Å². The first kappa shape index (κ1) is 23.2. The SMILES string of the molecule is COc1cnc(NC(=O)N2CCC(=Cc3cccc(OCCc4cccc(F)c4)c3)CC2)cn1. The van der Waals surface area contributed by atoms with Crippen LogP contribution in [-0.2, 0) is 6.42 Å². The third kappa shape index (κ3) is 6.54. The fourth-order valence-corrected chi connectivity index (χ4v) is 3.73. The number of rotatable bonds is 7. The maximum absolute atomic E-state index is 13.3. The van der Waals surface area contributed by atoms with Crippen LogP contribution in [0.2, 0.25) is 0 Å². The van der Waals surface area contributed by atoms with Gasteiger partial charge in [0.1, 0.15) is 11.6 Å². The van der Waals surface area contributed by atoms with Crippen LogP contribution in [0.5, 0.6) is 11.6 Å². The Balaban J connectivity index is 1.26. The number of ether oxygens (including phenoxy) is 2. The Labute approximate surface area is 198 Å². The van der Waals surface area contributed by atoms with E-state index in [0.717, 1.165) is 29.7 Å². The van der Waals surface area contributed by atoms with Gasteiger partial charge in [-0.25, -0.2) is 19.2 Å². The van der Waals surface area contributed by atoms with Crippen molar-refractivity contribution in [3.05, 3.63) is 83.4 Å². The average Bonchev–Trinajstić information content (AvgIpc) is 2.85. The molecular formula is C26H27FN4O3. The van der Waals surface area contributed by atoms with Crippen molar-refractivity contribution in [1.82, 2.24) is 14.9 Å². The van der Waals surface area contributed by atoms with Gasteiger partial charge in [0.2, 0.25) is 5.88 Å². The Kier molecular flexibility index (Phi) is 7.70. The van der Waals surface area contributed by atoms with Gasteiger partial charge in [0.05, 0.1) is 26.1 Å². The van der Waals surface area contributed by atoms with Crippen molar-refractivity contribution in [2.45, 2.75) is 19.3 Å². The highest BCUT2D eigenvalue weighted by atomic mass is 19.1. The molecule has 3 aromatic rings. The van der Waals surface area contributed by atoms with Crippen LogP contribution in [0.1, 0.15) is 24.0 Å². The van der Waals surface area contributed by atoms with Crippen molar-refractivity contribution in [3.63, 3.8) is 0 Å². The van der Waals surface area contributed by atoms with Crippen molar-refractivity contribution in [3.8, 4) is 11.6 Å². The summed E-state index contributed by atoms with van der Waals surface area (Å²) in [6, 6.07) is 14.3. The Bertz CT molecular complexity index is 1140. The van der Waals surface area contributed by atoms with Crippen molar-refractivity contribution < 1.29 is 18.7 Å². The number of methoxy groups -OCH3 is 1. The molecule has 1 aromatic heterocycles. The molecule has 7 nitrogen and oxygen atoms in total. The maximum Gasteiger partial charge on any atom is 0.323 e. The summed E-state index contributed by atoms with van der Waals surface area (Å²) in [5.41, 5.74) is 3.25. The molecular weight excluding hydrogens is 435 g/mol. The van der Waals surface area contributed by atoms with Crippen molar-refractivity contribution in [2.24, 2.45) is 0 Å². The van der Waals surface area contributed by atoms with Crippen LogP contribution < -0.4 is 14.8 Å². The molecule has 34 heavy (non-hydrogen) atoms. The highest BCUT2D eigenvalue weighted by molar-refractivity contribution is 5.88. The minimum atomic E-state index is -0.232. The zero-order valence-electron chi connectivity index (χ0n) is 19.0. The molecule has 0 radical (unpaired) electrons. The number of hydrogen-bond donors (Lipinski definition) is 1. The summed E-state index contributed by atoms with van der Waals surface area (Å²) in [5, 5.41) is 2.77. The number of aromatic nitrogens is 2. The average molecular weight is 463 g/mol. The van der Waals surface area contributed by atoms with E-state index in [9.17, 15) is 9.18 Å². The van der Waals surface area contributed by atoms with Crippen molar-refractivity contribution in [2.75, 3.05) is 32.1 Å². The fourth-order valence-electron chi connectivity index (χ4n) is 3.73. The number of benzene rings is 2. The van der Waals surface area contributed by atoms with Gasteiger partial charge in [-0.2, -0.15) is 0 Å². The molecule has 0 bridgehead atoms. The van der Waals surface area contributed by atoms with Crippen molar-refractivity contribution >= 4 is 17.9 Å². The Morgan fingerprint density at radius 1 is 1.12 bits per heavy atom. The molecule has 1 aliphatic rings. The van der Waals surface area contributed by atoms with Crippen LogP contribution in [0.4, 0.5) is 15.0 Å². The number of nitrogens with one attached hydrogen (secondary N) is 1. The van der Waals surface area contributed by atoms with E-state index in [-0.39, 0.29) is 11.8 Å². The molecule has 2 aromatic carbocycles. The van der Waals surface area contributed by atoms with Crippen LogP contribution in [-0.4, -0.2) is 47.7 Å². The zero-order valence-corrected chi connectivity index (χ0v) is 19.0. The van der Waals surface area contributed by atoms with Gasteiger partial charge in [0, 0.05) is 19.5 Å². The minimum Gasteiger partial charge on any atom is -0.493 e. The monoisotopic (exact) mass is 462 g/mol. The number of nitrogens with zero attached hydrogens (tertiary/aromatic N) is 3. The van der Waals surface area contributed by atoms with Crippen LogP contribution in [0.15, 0.2) is 66.5 Å². The normalized spacial score (nSPS) is 13.4.